The van der Waals surface area contributed by atoms with E-state index in [1.54, 1.807) is 29.7 Å². The Hall–Kier alpha value is -4.15. The number of nitrogens with two attached hydrogens (primary N) is 1. The second-order valence-corrected chi connectivity index (χ2v) is 9.89. The fraction of sp³-hybridized carbons (Fsp3) is 0.385. The van der Waals surface area contributed by atoms with Crippen molar-refractivity contribution in [2.75, 3.05) is 5.73 Å². The number of aromatic amines is 1. The number of carbonyl (C=O) groups is 2. The molecule has 0 radical (unpaired) electrons. The van der Waals surface area contributed by atoms with Crippen molar-refractivity contribution in [2.45, 2.75) is 63.7 Å². The lowest BCUT2D eigenvalue weighted by molar-refractivity contribution is -0.140. The van der Waals surface area contributed by atoms with Crippen LogP contribution in [0.25, 0.3) is 28.3 Å². The van der Waals surface area contributed by atoms with E-state index in [4.69, 9.17) is 10.7 Å². The molecule has 0 spiro atoms. The number of hydrogen-bond donors (Lipinski definition) is 2. The number of ketones is 1. The van der Waals surface area contributed by atoms with Gasteiger partial charge in [0.25, 0.3) is 5.91 Å². The van der Waals surface area contributed by atoms with E-state index in [0.29, 0.717) is 41.3 Å². The predicted molar refractivity (Wildman–Crippen MR) is 134 cm³/mol. The molecule has 37 heavy (non-hydrogen) atoms. The van der Waals surface area contributed by atoms with Crippen molar-refractivity contribution in [1.29, 1.82) is 0 Å². The van der Waals surface area contributed by atoms with Gasteiger partial charge in [-0.3, -0.25) is 14.6 Å². The highest BCUT2D eigenvalue weighted by molar-refractivity contribution is 6.00. The van der Waals surface area contributed by atoms with E-state index in [1.165, 1.54) is 18.4 Å². The monoisotopic (exact) mass is 502 g/mol. The third kappa shape index (κ3) is 3.76. The van der Waals surface area contributed by atoms with Gasteiger partial charge >= 0.3 is 0 Å². The fourth-order valence-electron chi connectivity index (χ4n) is 5.96. The maximum atomic E-state index is 13.9. The van der Waals surface area contributed by atoms with Gasteiger partial charge in [0.05, 0.1) is 17.5 Å². The Morgan fingerprint density at radius 1 is 1.16 bits per heavy atom. The molecule has 0 aliphatic carbocycles. The van der Waals surface area contributed by atoms with Crippen molar-refractivity contribution >= 4 is 23.2 Å². The maximum Gasteiger partial charge on any atom is 0.257 e. The third-order valence-corrected chi connectivity index (χ3v) is 7.59. The molecule has 2 aliphatic rings. The lowest BCUT2D eigenvalue weighted by Crippen LogP contribution is -2.48. The van der Waals surface area contributed by atoms with Crippen LogP contribution in [0, 0.1) is 0 Å². The van der Waals surface area contributed by atoms with Gasteiger partial charge in [0.15, 0.2) is 23.4 Å². The standard InChI is InChI=1S/C26H27FN8O2/c1-13(27)26(37)34-17-4-5-18(34)10-16(9-17)22-21(14(2)36)23(28)35-25(33-22)19(12-32-35)15-3-6-20(31-11-15)24-29-7-8-30-24/h3,6-8,11-13,16-18H,4-5,9-10,28H2,1-2H3,(H,29,30)/t13?,16-,17+,18-. The number of Topliss-reactive ketones (excluding diaryl/α,β-unsaturated/α-hetero) is 1. The predicted octanol–water partition coefficient (Wildman–Crippen LogP) is 3.56. The number of amides is 1. The summed E-state index contributed by atoms with van der Waals surface area (Å²) in [5.74, 6) is 0.187. The molecule has 4 atom stereocenters. The number of rotatable bonds is 5. The van der Waals surface area contributed by atoms with Crippen LogP contribution in [0.4, 0.5) is 10.2 Å². The summed E-state index contributed by atoms with van der Waals surface area (Å²) in [6, 6.07) is 3.63. The summed E-state index contributed by atoms with van der Waals surface area (Å²) in [6.45, 7) is 2.76. The van der Waals surface area contributed by atoms with Gasteiger partial charge in [-0.2, -0.15) is 9.61 Å². The molecule has 0 saturated carbocycles. The van der Waals surface area contributed by atoms with Gasteiger partial charge in [-0.1, -0.05) is 6.07 Å². The van der Waals surface area contributed by atoms with Crippen molar-refractivity contribution < 1.29 is 14.0 Å². The number of nitrogens with one attached hydrogen (secondary N) is 1. The number of pyridine rings is 1. The van der Waals surface area contributed by atoms with Crippen LogP contribution in [0.3, 0.4) is 0 Å². The number of halogens is 1. The zero-order valence-corrected chi connectivity index (χ0v) is 20.6. The van der Waals surface area contributed by atoms with Crippen LogP contribution in [0.15, 0.2) is 36.9 Å². The van der Waals surface area contributed by atoms with Gasteiger partial charge in [0, 0.05) is 47.7 Å². The minimum Gasteiger partial charge on any atom is -0.383 e. The van der Waals surface area contributed by atoms with Gasteiger partial charge in [0.2, 0.25) is 0 Å². The van der Waals surface area contributed by atoms with E-state index in [0.717, 1.165) is 24.0 Å². The molecule has 4 aromatic rings. The molecule has 190 valence electrons. The Morgan fingerprint density at radius 2 is 1.92 bits per heavy atom. The Labute approximate surface area is 212 Å². The summed E-state index contributed by atoms with van der Waals surface area (Å²) in [7, 11) is 0. The van der Waals surface area contributed by atoms with Crippen LogP contribution in [0.1, 0.15) is 61.5 Å². The van der Waals surface area contributed by atoms with Gasteiger partial charge in [-0.25, -0.2) is 14.4 Å². The normalized spacial score (nSPS) is 21.9. The van der Waals surface area contributed by atoms with Crippen molar-refractivity contribution in [1.82, 2.24) is 34.4 Å². The summed E-state index contributed by atoms with van der Waals surface area (Å²) in [5, 5.41) is 4.43. The van der Waals surface area contributed by atoms with E-state index in [-0.39, 0.29) is 29.6 Å². The number of H-pyrrole nitrogens is 1. The zero-order valence-electron chi connectivity index (χ0n) is 20.6. The van der Waals surface area contributed by atoms with Gasteiger partial charge in [-0.15, -0.1) is 0 Å². The summed E-state index contributed by atoms with van der Waals surface area (Å²) in [6.07, 6.45) is 8.14. The lowest BCUT2D eigenvalue weighted by Gasteiger charge is -2.39. The molecule has 2 fully saturated rings. The van der Waals surface area contributed by atoms with Crippen LogP contribution >= 0.6 is 0 Å². The van der Waals surface area contributed by atoms with Crippen LogP contribution in [-0.4, -0.2) is 64.4 Å². The average Bonchev–Trinajstić information content (AvgIpc) is 3.62. The molecule has 6 heterocycles. The van der Waals surface area contributed by atoms with Gasteiger partial charge < -0.3 is 15.6 Å². The van der Waals surface area contributed by atoms with E-state index in [9.17, 15) is 14.0 Å². The van der Waals surface area contributed by atoms with Crippen LogP contribution in [-0.2, 0) is 4.79 Å². The number of piperidine rings is 1. The molecule has 0 aromatic carbocycles. The number of nitrogens with zero attached hydrogens (tertiary/aromatic N) is 6. The first-order valence-corrected chi connectivity index (χ1v) is 12.4. The SMILES string of the molecule is CC(=O)c1c([C@H]2C[C@H]3CC[C@@H](C2)N3C(=O)C(C)F)nc2c(-c3ccc(-c4ncc[nH]4)nc3)cnn2c1N. The summed E-state index contributed by atoms with van der Waals surface area (Å²) >= 11 is 0. The molecule has 2 bridgehead atoms. The molecule has 6 rings (SSSR count). The average molecular weight is 503 g/mol. The quantitative estimate of drug-likeness (QED) is 0.398. The number of carbonyl (C=O) groups excluding carboxylic acids is 2. The number of fused-ring (bicyclic) bond motifs is 3. The molecule has 4 aromatic heterocycles. The van der Waals surface area contributed by atoms with E-state index in [2.05, 4.69) is 20.1 Å². The van der Waals surface area contributed by atoms with E-state index in [1.807, 2.05) is 12.1 Å². The maximum absolute atomic E-state index is 13.9. The smallest absolute Gasteiger partial charge is 0.257 e. The third-order valence-electron chi connectivity index (χ3n) is 7.59. The number of imidazole rings is 1. The van der Waals surface area contributed by atoms with Crippen LogP contribution in [0.2, 0.25) is 0 Å². The first-order chi connectivity index (χ1) is 17.8. The largest absolute Gasteiger partial charge is 0.383 e. The molecular formula is C26H27FN8O2. The van der Waals surface area contributed by atoms with Crippen LogP contribution < -0.4 is 5.73 Å². The summed E-state index contributed by atoms with van der Waals surface area (Å²) in [4.78, 5) is 43.7. The second kappa shape index (κ2) is 8.75. The zero-order chi connectivity index (χ0) is 25.8. The highest BCUT2D eigenvalue weighted by Crippen LogP contribution is 2.45. The van der Waals surface area contributed by atoms with Gasteiger partial charge in [0.1, 0.15) is 11.5 Å². The number of nitrogen functional groups attached to an aromatic ring is 1. The Morgan fingerprint density at radius 3 is 2.51 bits per heavy atom. The Kier molecular flexibility index (Phi) is 5.50. The minimum atomic E-state index is -1.53. The topological polar surface area (TPSA) is 135 Å². The molecule has 1 amide bonds. The second-order valence-electron chi connectivity index (χ2n) is 9.89. The molecule has 1 unspecified atom stereocenters. The molecule has 10 nitrogen and oxygen atoms in total. The van der Waals surface area contributed by atoms with E-state index < -0.39 is 12.1 Å². The van der Waals surface area contributed by atoms with Crippen molar-refractivity contribution in [3.05, 3.63) is 48.2 Å². The van der Waals surface area contributed by atoms with Crippen molar-refractivity contribution in [2.24, 2.45) is 0 Å². The molecule has 11 heteroatoms. The van der Waals surface area contributed by atoms with Crippen molar-refractivity contribution in [3.8, 4) is 22.6 Å². The number of aromatic nitrogens is 6. The Bertz CT molecular complexity index is 1480. The minimum absolute atomic E-state index is 0.0729. The Balaban J connectivity index is 1.41. The number of anilines is 1. The molecule has 2 saturated heterocycles. The highest BCUT2D eigenvalue weighted by Gasteiger charge is 2.46. The van der Waals surface area contributed by atoms with E-state index >= 15 is 0 Å². The molecule has 2 aliphatic heterocycles. The van der Waals surface area contributed by atoms with Crippen LogP contribution in [0.5, 0.6) is 0 Å². The number of hydrogen-bond acceptors (Lipinski definition) is 7. The summed E-state index contributed by atoms with van der Waals surface area (Å²) in [5.41, 5.74) is 10.3. The molecule has 3 N–H and O–H groups in total. The lowest BCUT2D eigenvalue weighted by atomic mass is 9.85. The summed E-state index contributed by atoms with van der Waals surface area (Å²) < 4.78 is 15.4. The van der Waals surface area contributed by atoms with Crippen molar-refractivity contribution in [3.63, 3.8) is 0 Å². The highest BCUT2D eigenvalue weighted by atomic mass is 19.1. The van der Waals surface area contributed by atoms with Gasteiger partial charge in [-0.05, 0) is 45.6 Å². The number of alkyl halides is 1. The fourth-order valence-corrected chi connectivity index (χ4v) is 5.96. The first-order valence-electron chi connectivity index (χ1n) is 12.4. The first kappa shape index (κ1) is 23.3. The molecular weight excluding hydrogens is 475 g/mol.